The summed E-state index contributed by atoms with van der Waals surface area (Å²) in [6.07, 6.45) is 10.5. The van der Waals surface area contributed by atoms with E-state index >= 15 is 0 Å². The van der Waals surface area contributed by atoms with Crippen LogP contribution in [0.3, 0.4) is 0 Å². The van der Waals surface area contributed by atoms with Gasteiger partial charge in [0.1, 0.15) is 15.8 Å². The van der Waals surface area contributed by atoms with Crippen LogP contribution in [-0.4, -0.2) is 37.6 Å². The molecule has 0 bridgehead atoms. The van der Waals surface area contributed by atoms with Crippen LogP contribution in [0.25, 0.3) is 23.0 Å². The second kappa shape index (κ2) is 11.0. The molecule has 2 aliphatic rings. The van der Waals surface area contributed by atoms with Gasteiger partial charge in [0.05, 0.1) is 17.2 Å². The van der Waals surface area contributed by atoms with Gasteiger partial charge in [-0.3, -0.25) is 9.69 Å². The van der Waals surface area contributed by atoms with Gasteiger partial charge in [-0.15, -0.1) is 0 Å². The fourth-order valence-electron chi connectivity index (χ4n) is 4.88. The second-order valence-electron chi connectivity index (χ2n) is 9.39. The number of aryl methyl sites for hydroxylation is 1. The molecule has 1 aliphatic heterocycles. The Morgan fingerprint density at radius 2 is 1.92 bits per heavy atom. The standard InChI is InChI=1S/C29H31N3O2S2/c1-3-16-34-25-15-14-21(17-20(25)2)27-22(19-31(30-27)23-10-6-4-7-11-23)18-26-28(33)32(29(35)36-26)24-12-8-5-9-13-24/h4,6-7,10-11,14-15,17-19,24H,3,5,8-9,12-13,16H2,1-2H3/b26-18-. The van der Waals surface area contributed by atoms with Gasteiger partial charge >= 0.3 is 0 Å². The lowest BCUT2D eigenvalue weighted by Gasteiger charge is -2.29. The van der Waals surface area contributed by atoms with Crippen molar-refractivity contribution in [1.29, 1.82) is 0 Å². The number of aromatic nitrogens is 2. The zero-order valence-electron chi connectivity index (χ0n) is 20.8. The largest absolute Gasteiger partial charge is 0.493 e. The van der Waals surface area contributed by atoms with Crippen LogP contribution in [0.15, 0.2) is 59.6 Å². The van der Waals surface area contributed by atoms with Crippen molar-refractivity contribution in [2.24, 2.45) is 0 Å². The van der Waals surface area contributed by atoms with Gasteiger partial charge in [0, 0.05) is 23.4 Å². The maximum atomic E-state index is 13.4. The molecule has 1 saturated heterocycles. The summed E-state index contributed by atoms with van der Waals surface area (Å²) in [6, 6.07) is 16.4. The molecule has 0 spiro atoms. The molecular weight excluding hydrogens is 486 g/mol. The number of thioether (sulfide) groups is 1. The third-order valence-electron chi connectivity index (χ3n) is 6.72. The summed E-state index contributed by atoms with van der Waals surface area (Å²) in [5, 5.41) is 4.94. The number of carbonyl (C=O) groups is 1. The minimum atomic E-state index is 0.0230. The van der Waals surface area contributed by atoms with Gasteiger partial charge in [0.2, 0.25) is 0 Å². The number of para-hydroxylation sites is 1. The van der Waals surface area contributed by atoms with Crippen molar-refractivity contribution in [2.75, 3.05) is 6.61 Å². The Bertz CT molecular complexity index is 1290. The van der Waals surface area contributed by atoms with Crippen LogP contribution >= 0.6 is 24.0 Å². The first-order valence-electron chi connectivity index (χ1n) is 12.7. The highest BCUT2D eigenvalue weighted by Crippen LogP contribution is 2.39. The van der Waals surface area contributed by atoms with E-state index in [1.807, 2.05) is 64.3 Å². The van der Waals surface area contributed by atoms with E-state index in [2.05, 4.69) is 19.9 Å². The molecule has 5 nitrogen and oxygen atoms in total. The van der Waals surface area contributed by atoms with Crippen LogP contribution < -0.4 is 4.74 Å². The summed E-state index contributed by atoms with van der Waals surface area (Å²) in [5.74, 6) is 0.910. The number of hydrogen-bond acceptors (Lipinski definition) is 5. The van der Waals surface area contributed by atoms with E-state index in [0.29, 0.717) is 15.8 Å². The first kappa shape index (κ1) is 24.8. The highest BCUT2D eigenvalue weighted by atomic mass is 32.2. The third-order valence-corrected chi connectivity index (χ3v) is 8.05. The Morgan fingerprint density at radius 1 is 1.14 bits per heavy atom. The number of nitrogens with zero attached hydrogens (tertiary/aromatic N) is 3. The van der Waals surface area contributed by atoms with Crippen molar-refractivity contribution in [1.82, 2.24) is 14.7 Å². The molecule has 1 amide bonds. The van der Waals surface area contributed by atoms with Crippen molar-refractivity contribution in [3.8, 4) is 22.7 Å². The van der Waals surface area contributed by atoms with Crippen molar-refractivity contribution in [3.63, 3.8) is 0 Å². The van der Waals surface area contributed by atoms with E-state index in [4.69, 9.17) is 22.1 Å². The monoisotopic (exact) mass is 517 g/mol. The highest BCUT2D eigenvalue weighted by Gasteiger charge is 2.37. The molecule has 1 saturated carbocycles. The van der Waals surface area contributed by atoms with Crippen LogP contribution in [0.2, 0.25) is 0 Å². The van der Waals surface area contributed by atoms with Gasteiger partial charge in [-0.25, -0.2) is 4.68 Å². The van der Waals surface area contributed by atoms with Gasteiger partial charge in [0.15, 0.2) is 0 Å². The molecule has 1 aliphatic carbocycles. The number of thiocarbonyl (C=S) groups is 1. The van der Waals surface area contributed by atoms with Crippen molar-refractivity contribution in [3.05, 3.63) is 70.8 Å². The van der Waals surface area contributed by atoms with E-state index in [-0.39, 0.29) is 11.9 Å². The summed E-state index contributed by atoms with van der Waals surface area (Å²) in [4.78, 5) is 16.0. The van der Waals surface area contributed by atoms with Gasteiger partial charge in [-0.1, -0.05) is 68.4 Å². The minimum Gasteiger partial charge on any atom is -0.493 e. The molecule has 5 rings (SSSR count). The van der Waals surface area contributed by atoms with Gasteiger partial charge in [-0.05, 0) is 68.2 Å². The van der Waals surface area contributed by atoms with Crippen LogP contribution in [0, 0.1) is 6.92 Å². The zero-order valence-corrected chi connectivity index (χ0v) is 22.4. The van der Waals surface area contributed by atoms with Crippen LogP contribution in [0.1, 0.15) is 56.6 Å². The number of ether oxygens (including phenoxy) is 1. The fourth-order valence-corrected chi connectivity index (χ4v) is 6.27. The number of carbonyl (C=O) groups excluding carboxylic acids is 1. The molecular formula is C29H31N3O2S2. The van der Waals surface area contributed by atoms with E-state index in [1.54, 1.807) is 0 Å². The maximum absolute atomic E-state index is 13.4. The van der Waals surface area contributed by atoms with E-state index in [0.717, 1.165) is 65.9 Å². The Morgan fingerprint density at radius 3 is 2.64 bits per heavy atom. The number of amides is 1. The van der Waals surface area contributed by atoms with Crippen LogP contribution in [-0.2, 0) is 4.79 Å². The molecule has 2 aromatic carbocycles. The Kier molecular flexibility index (Phi) is 7.58. The summed E-state index contributed by atoms with van der Waals surface area (Å²) in [6.45, 7) is 4.84. The SMILES string of the molecule is CCCOc1ccc(-c2nn(-c3ccccc3)cc2/C=C2\SC(=S)N(C3CCCCC3)C2=O)cc1C. The predicted molar refractivity (Wildman–Crippen MR) is 151 cm³/mol. The average molecular weight is 518 g/mol. The molecule has 0 radical (unpaired) electrons. The van der Waals surface area contributed by atoms with E-state index in [1.165, 1.54) is 18.2 Å². The lowest BCUT2D eigenvalue weighted by molar-refractivity contribution is -0.124. The number of hydrogen-bond donors (Lipinski definition) is 0. The lowest BCUT2D eigenvalue weighted by Crippen LogP contribution is -2.39. The van der Waals surface area contributed by atoms with Gasteiger partial charge in [-0.2, -0.15) is 5.10 Å². The molecule has 36 heavy (non-hydrogen) atoms. The molecule has 0 N–H and O–H groups in total. The maximum Gasteiger partial charge on any atom is 0.266 e. The van der Waals surface area contributed by atoms with Crippen molar-refractivity contribution >= 4 is 40.3 Å². The number of rotatable bonds is 7. The lowest BCUT2D eigenvalue weighted by atomic mass is 9.94. The molecule has 0 atom stereocenters. The van der Waals surface area contributed by atoms with Crippen LogP contribution in [0.5, 0.6) is 5.75 Å². The van der Waals surface area contributed by atoms with Crippen LogP contribution in [0.4, 0.5) is 0 Å². The van der Waals surface area contributed by atoms with Crippen molar-refractivity contribution in [2.45, 2.75) is 58.4 Å². The summed E-state index contributed by atoms with van der Waals surface area (Å²) >= 11 is 7.06. The Hall–Kier alpha value is -2.90. The highest BCUT2D eigenvalue weighted by molar-refractivity contribution is 8.26. The quantitative estimate of drug-likeness (QED) is 0.246. The second-order valence-corrected chi connectivity index (χ2v) is 11.1. The minimum absolute atomic E-state index is 0.0230. The number of benzene rings is 2. The average Bonchev–Trinajstić information content (AvgIpc) is 3.44. The molecule has 186 valence electrons. The summed E-state index contributed by atoms with van der Waals surface area (Å²) in [7, 11) is 0. The Balaban J connectivity index is 1.53. The van der Waals surface area contributed by atoms with Gasteiger partial charge in [0.25, 0.3) is 5.91 Å². The first-order chi connectivity index (χ1) is 17.5. The topological polar surface area (TPSA) is 47.4 Å². The molecule has 7 heteroatoms. The third kappa shape index (κ3) is 5.13. The molecule has 2 fully saturated rings. The molecule has 2 heterocycles. The van der Waals surface area contributed by atoms with Gasteiger partial charge < -0.3 is 4.74 Å². The fraction of sp³-hybridized carbons (Fsp3) is 0.345. The summed E-state index contributed by atoms with van der Waals surface area (Å²) in [5.41, 5.74) is 4.73. The normalized spacial score (nSPS) is 17.8. The van der Waals surface area contributed by atoms with E-state index in [9.17, 15) is 4.79 Å². The van der Waals surface area contributed by atoms with E-state index < -0.39 is 0 Å². The molecule has 3 aromatic rings. The molecule has 0 unspecified atom stereocenters. The van der Waals surface area contributed by atoms with Crippen molar-refractivity contribution < 1.29 is 9.53 Å². The molecule has 1 aromatic heterocycles. The summed E-state index contributed by atoms with van der Waals surface area (Å²) < 4.78 is 8.42. The predicted octanol–water partition coefficient (Wildman–Crippen LogP) is 7.17. The zero-order chi connectivity index (χ0) is 25.1. The smallest absolute Gasteiger partial charge is 0.266 e. The first-order valence-corrected chi connectivity index (χ1v) is 13.9. The Labute approximate surface area is 222 Å².